The molecule has 3 N–H and O–H groups in total. The Morgan fingerprint density at radius 3 is 2.60 bits per heavy atom. The Balaban J connectivity index is 3.39. The normalized spacial score (nSPS) is 10.9. The molecule has 0 unspecified atom stereocenters. The number of hydrogen-bond donors (Lipinski definition) is 2. The average Bonchev–Trinajstić information content (AvgIpc) is 2.21. The molecule has 86 valence electrons. The molecule has 0 fully saturated rings. The quantitative estimate of drug-likeness (QED) is 0.510. The molecule has 0 aliphatic carbocycles. The molecule has 5 nitrogen and oxygen atoms in total. The van der Waals surface area contributed by atoms with E-state index >= 15 is 0 Å². The number of carbonyl (C=O) groups is 2. The van der Waals surface area contributed by atoms with E-state index in [0.29, 0.717) is 25.1 Å². The maximum Gasteiger partial charge on any atom is 0.404 e. The van der Waals surface area contributed by atoms with Gasteiger partial charge >= 0.3 is 6.09 Å². The second-order valence-corrected chi connectivity index (χ2v) is 3.10. The number of amides is 2. The maximum absolute atomic E-state index is 11.2. The van der Waals surface area contributed by atoms with Gasteiger partial charge in [-0.1, -0.05) is 6.08 Å². The Morgan fingerprint density at radius 1 is 1.40 bits per heavy atom. The number of hydrogen-bond acceptors (Lipinski definition) is 3. The summed E-state index contributed by atoms with van der Waals surface area (Å²) in [4.78, 5) is 21.4. The van der Waals surface area contributed by atoms with Crippen molar-refractivity contribution < 1.29 is 14.3 Å². The molecule has 0 atom stereocenters. The van der Waals surface area contributed by atoms with Gasteiger partial charge in [0.25, 0.3) is 0 Å². The third kappa shape index (κ3) is 7.54. The summed E-state index contributed by atoms with van der Waals surface area (Å²) in [5.74, 6) is -0.0617. The molecule has 0 aliphatic heterocycles. The summed E-state index contributed by atoms with van der Waals surface area (Å²) in [5, 5.41) is 2.74. The largest absolute Gasteiger partial charge is 0.450 e. The van der Waals surface area contributed by atoms with E-state index in [1.165, 1.54) is 0 Å². The van der Waals surface area contributed by atoms with E-state index < -0.39 is 6.09 Å². The van der Waals surface area contributed by atoms with E-state index in [1.54, 1.807) is 13.0 Å². The van der Waals surface area contributed by atoms with E-state index in [2.05, 4.69) is 10.1 Å². The molecule has 0 aromatic heterocycles. The van der Waals surface area contributed by atoms with Crippen molar-refractivity contribution in [3.63, 3.8) is 0 Å². The third-order valence-electron chi connectivity index (χ3n) is 1.89. The molecule has 0 aromatic carbocycles. The van der Waals surface area contributed by atoms with Crippen LogP contribution in [0.3, 0.4) is 0 Å². The van der Waals surface area contributed by atoms with Gasteiger partial charge in [-0.2, -0.15) is 0 Å². The molecule has 0 aromatic rings. The number of unbranched alkanes of at least 4 members (excludes halogenated alkanes) is 1. The molecule has 0 bridgehead atoms. The molecule has 0 rings (SSSR count). The Hall–Kier alpha value is -1.52. The van der Waals surface area contributed by atoms with Crippen LogP contribution in [-0.2, 0) is 9.53 Å². The summed E-state index contributed by atoms with van der Waals surface area (Å²) in [6, 6.07) is 0. The fraction of sp³-hybridized carbons (Fsp3) is 0.600. The first-order valence-corrected chi connectivity index (χ1v) is 4.91. The van der Waals surface area contributed by atoms with E-state index in [4.69, 9.17) is 5.73 Å². The van der Waals surface area contributed by atoms with Crippen molar-refractivity contribution in [2.24, 2.45) is 5.73 Å². The monoisotopic (exact) mass is 214 g/mol. The minimum atomic E-state index is -0.760. The molecular weight excluding hydrogens is 196 g/mol. The Morgan fingerprint density at radius 2 is 2.07 bits per heavy atom. The van der Waals surface area contributed by atoms with E-state index in [9.17, 15) is 9.59 Å². The van der Waals surface area contributed by atoms with Crippen LogP contribution >= 0.6 is 0 Å². The van der Waals surface area contributed by atoms with Crippen molar-refractivity contribution in [1.29, 1.82) is 0 Å². The van der Waals surface area contributed by atoms with Crippen LogP contribution in [0.2, 0.25) is 0 Å². The van der Waals surface area contributed by atoms with Crippen LogP contribution in [0, 0.1) is 0 Å². The van der Waals surface area contributed by atoms with E-state index in [-0.39, 0.29) is 5.91 Å². The topological polar surface area (TPSA) is 81.4 Å². The first kappa shape index (κ1) is 13.5. The summed E-state index contributed by atoms with van der Waals surface area (Å²) >= 11 is 0. The zero-order valence-corrected chi connectivity index (χ0v) is 9.21. The predicted octanol–water partition coefficient (Wildman–Crippen LogP) is 0.944. The summed E-state index contributed by atoms with van der Waals surface area (Å²) in [6.45, 7) is 4.45. The van der Waals surface area contributed by atoms with Crippen molar-refractivity contribution in [2.75, 3.05) is 13.2 Å². The highest BCUT2D eigenvalue weighted by molar-refractivity contribution is 5.92. The molecule has 0 heterocycles. The molecule has 0 radical (unpaired) electrons. The van der Waals surface area contributed by atoms with Gasteiger partial charge in [0.05, 0.1) is 6.61 Å². The van der Waals surface area contributed by atoms with Crippen LogP contribution < -0.4 is 11.1 Å². The van der Waals surface area contributed by atoms with Gasteiger partial charge in [-0.05, 0) is 26.7 Å². The SMILES string of the molecule is CC=C(C)C(=O)NCCCCOC(N)=O. The fourth-order valence-corrected chi connectivity index (χ4v) is 0.872. The second kappa shape index (κ2) is 7.84. The molecule has 0 saturated carbocycles. The lowest BCUT2D eigenvalue weighted by atomic mass is 10.2. The highest BCUT2D eigenvalue weighted by Crippen LogP contribution is 1.93. The maximum atomic E-state index is 11.2. The Labute approximate surface area is 89.7 Å². The van der Waals surface area contributed by atoms with E-state index in [0.717, 1.165) is 6.42 Å². The molecule has 2 amide bonds. The minimum absolute atomic E-state index is 0.0617. The number of rotatable bonds is 6. The smallest absolute Gasteiger partial charge is 0.404 e. The summed E-state index contributed by atoms with van der Waals surface area (Å²) in [6.07, 6.45) is 2.45. The fourth-order valence-electron chi connectivity index (χ4n) is 0.872. The van der Waals surface area contributed by atoms with Crippen molar-refractivity contribution in [3.8, 4) is 0 Å². The number of nitrogens with one attached hydrogen (secondary N) is 1. The van der Waals surface area contributed by atoms with Gasteiger partial charge in [0, 0.05) is 12.1 Å². The van der Waals surface area contributed by atoms with Crippen LogP contribution in [0.5, 0.6) is 0 Å². The van der Waals surface area contributed by atoms with Crippen molar-refractivity contribution >= 4 is 12.0 Å². The zero-order chi connectivity index (χ0) is 11.7. The third-order valence-corrected chi connectivity index (χ3v) is 1.89. The number of nitrogens with two attached hydrogens (primary N) is 1. The highest BCUT2D eigenvalue weighted by Gasteiger charge is 2.01. The highest BCUT2D eigenvalue weighted by atomic mass is 16.5. The van der Waals surface area contributed by atoms with Gasteiger partial charge < -0.3 is 15.8 Å². The van der Waals surface area contributed by atoms with Crippen molar-refractivity contribution in [2.45, 2.75) is 26.7 Å². The summed E-state index contributed by atoms with van der Waals surface area (Å²) in [5.41, 5.74) is 5.47. The molecule has 5 heteroatoms. The Bertz CT molecular complexity index is 249. The first-order valence-electron chi connectivity index (χ1n) is 4.91. The summed E-state index contributed by atoms with van der Waals surface area (Å²) in [7, 11) is 0. The molecule has 0 saturated heterocycles. The standard InChI is InChI=1S/C10H18N2O3/c1-3-8(2)9(13)12-6-4-5-7-15-10(11)14/h3H,4-7H2,1-2H3,(H2,11,14)(H,12,13). The van der Waals surface area contributed by atoms with Gasteiger partial charge in [0.2, 0.25) is 5.91 Å². The van der Waals surface area contributed by atoms with Crippen LogP contribution in [0.15, 0.2) is 11.6 Å². The van der Waals surface area contributed by atoms with Crippen LogP contribution in [0.25, 0.3) is 0 Å². The Kier molecular flexibility index (Phi) is 7.05. The molecular formula is C10H18N2O3. The minimum Gasteiger partial charge on any atom is -0.450 e. The second-order valence-electron chi connectivity index (χ2n) is 3.10. The first-order chi connectivity index (χ1) is 7.07. The average molecular weight is 214 g/mol. The molecule has 0 aliphatic rings. The van der Waals surface area contributed by atoms with Crippen LogP contribution in [0.4, 0.5) is 4.79 Å². The molecule has 0 spiro atoms. The zero-order valence-electron chi connectivity index (χ0n) is 9.21. The number of ether oxygens (including phenoxy) is 1. The van der Waals surface area contributed by atoms with Gasteiger partial charge in [-0.3, -0.25) is 4.79 Å². The van der Waals surface area contributed by atoms with Crippen molar-refractivity contribution in [3.05, 3.63) is 11.6 Å². The van der Waals surface area contributed by atoms with Crippen LogP contribution in [0.1, 0.15) is 26.7 Å². The lowest BCUT2D eigenvalue weighted by molar-refractivity contribution is -0.117. The molecule has 15 heavy (non-hydrogen) atoms. The lowest BCUT2D eigenvalue weighted by Gasteiger charge is -2.04. The summed E-state index contributed by atoms with van der Waals surface area (Å²) < 4.78 is 4.53. The lowest BCUT2D eigenvalue weighted by Crippen LogP contribution is -2.25. The van der Waals surface area contributed by atoms with E-state index in [1.807, 2.05) is 6.92 Å². The van der Waals surface area contributed by atoms with Crippen LogP contribution in [-0.4, -0.2) is 25.2 Å². The van der Waals surface area contributed by atoms with Crippen molar-refractivity contribution in [1.82, 2.24) is 5.32 Å². The van der Waals surface area contributed by atoms with Gasteiger partial charge in [-0.15, -0.1) is 0 Å². The predicted molar refractivity (Wildman–Crippen MR) is 57.2 cm³/mol. The van der Waals surface area contributed by atoms with Gasteiger partial charge in [-0.25, -0.2) is 4.79 Å². The van der Waals surface area contributed by atoms with Gasteiger partial charge in [0.1, 0.15) is 0 Å². The number of carbonyl (C=O) groups excluding carboxylic acids is 2. The number of primary amides is 1. The number of allylic oxidation sites excluding steroid dienone is 1. The van der Waals surface area contributed by atoms with Gasteiger partial charge in [0.15, 0.2) is 0 Å².